The molecule has 1 N–H and O–H groups in total. The van der Waals surface area contributed by atoms with Crippen LogP contribution in [0.15, 0.2) is 66.0 Å². The standard InChI is InChI=1S/C22H12N4OS3/c23-11-13-5-7-14(8-6-13)16-12-28-22(25-16)26-20(27)18-9-10-19(29-18)21-24-15-3-1-2-4-17(15)30-21/h1-10,12H,(H,25,26,27). The van der Waals surface area contributed by atoms with E-state index < -0.39 is 0 Å². The molecule has 0 aliphatic carbocycles. The van der Waals surface area contributed by atoms with Crippen LogP contribution < -0.4 is 5.32 Å². The quantitative estimate of drug-likeness (QED) is 0.354. The maximum atomic E-state index is 12.7. The molecular weight excluding hydrogens is 432 g/mol. The summed E-state index contributed by atoms with van der Waals surface area (Å²) in [5.74, 6) is -0.187. The van der Waals surface area contributed by atoms with Crippen molar-refractivity contribution in [2.45, 2.75) is 0 Å². The summed E-state index contributed by atoms with van der Waals surface area (Å²) < 4.78 is 1.13. The molecule has 3 aromatic heterocycles. The van der Waals surface area contributed by atoms with Gasteiger partial charge in [0.25, 0.3) is 5.91 Å². The maximum absolute atomic E-state index is 12.7. The molecule has 144 valence electrons. The zero-order valence-electron chi connectivity index (χ0n) is 15.3. The van der Waals surface area contributed by atoms with E-state index in [9.17, 15) is 4.79 Å². The number of amides is 1. The third-order valence-corrected chi connectivity index (χ3v) is 7.42. The number of benzene rings is 2. The summed E-state index contributed by atoms with van der Waals surface area (Å²) in [5.41, 5.74) is 3.24. The highest BCUT2D eigenvalue weighted by Crippen LogP contribution is 2.35. The Balaban J connectivity index is 1.32. The number of hydrogen-bond acceptors (Lipinski definition) is 7. The summed E-state index contributed by atoms with van der Waals surface area (Å²) >= 11 is 4.41. The number of fused-ring (bicyclic) bond motifs is 1. The van der Waals surface area contributed by atoms with Crippen molar-refractivity contribution in [1.82, 2.24) is 9.97 Å². The first-order valence-corrected chi connectivity index (χ1v) is 11.4. The molecule has 0 fully saturated rings. The van der Waals surface area contributed by atoms with E-state index in [2.05, 4.69) is 21.4 Å². The van der Waals surface area contributed by atoms with E-state index in [0.717, 1.165) is 31.4 Å². The fourth-order valence-electron chi connectivity index (χ4n) is 2.89. The van der Waals surface area contributed by atoms with Crippen LogP contribution in [0.1, 0.15) is 15.2 Å². The Kier molecular flexibility index (Phi) is 4.85. The Labute approximate surface area is 183 Å². The number of carbonyl (C=O) groups excluding carboxylic acids is 1. The molecule has 2 aromatic carbocycles. The van der Waals surface area contributed by atoms with Crippen molar-refractivity contribution >= 4 is 55.3 Å². The van der Waals surface area contributed by atoms with Gasteiger partial charge in [-0.2, -0.15) is 5.26 Å². The summed E-state index contributed by atoms with van der Waals surface area (Å²) in [6.45, 7) is 0. The minimum absolute atomic E-state index is 0.187. The van der Waals surface area contributed by atoms with Gasteiger partial charge in [0, 0.05) is 10.9 Å². The van der Waals surface area contributed by atoms with Gasteiger partial charge in [-0.15, -0.1) is 34.0 Å². The third kappa shape index (κ3) is 3.62. The van der Waals surface area contributed by atoms with E-state index in [1.165, 1.54) is 22.7 Å². The van der Waals surface area contributed by atoms with Crippen LogP contribution >= 0.6 is 34.0 Å². The van der Waals surface area contributed by atoms with E-state index in [-0.39, 0.29) is 5.91 Å². The summed E-state index contributed by atoms with van der Waals surface area (Å²) in [4.78, 5) is 23.4. The Morgan fingerprint density at radius 2 is 1.80 bits per heavy atom. The number of rotatable bonds is 4. The van der Waals surface area contributed by atoms with Crippen molar-refractivity contribution < 1.29 is 4.79 Å². The molecule has 0 unspecified atom stereocenters. The molecule has 0 saturated carbocycles. The van der Waals surface area contributed by atoms with Gasteiger partial charge in [0.1, 0.15) is 5.01 Å². The van der Waals surface area contributed by atoms with Gasteiger partial charge in [-0.25, -0.2) is 9.97 Å². The third-order valence-electron chi connectivity index (χ3n) is 4.37. The number of anilines is 1. The van der Waals surface area contributed by atoms with E-state index >= 15 is 0 Å². The van der Waals surface area contributed by atoms with Crippen LogP contribution in [0.4, 0.5) is 5.13 Å². The zero-order valence-corrected chi connectivity index (χ0v) is 17.8. The summed E-state index contributed by atoms with van der Waals surface area (Å²) in [5, 5.41) is 15.1. The number of aromatic nitrogens is 2. The number of nitrogens with one attached hydrogen (secondary N) is 1. The Hall–Kier alpha value is -3.38. The second kappa shape index (κ2) is 7.80. The van der Waals surface area contributed by atoms with Crippen LogP contribution in [0.25, 0.3) is 31.4 Å². The van der Waals surface area contributed by atoms with Crippen LogP contribution in [0, 0.1) is 11.3 Å². The zero-order chi connectivity index (χ0) is 20.5. The first-order valence-electron chi connectivity index (χ1n) is 8.93. The molecule has 0 aliphatic heterocycles. The van der Waals surface area contributed by atoms with Gasteiger partial charge >= 0.3 is 0 Å². The van der Waals surface area contributed by atoms with Crippen LogP contribution in [0.2, 0.25) is 0 Å². The van der Waals surface area contributed by atoms with Crippen molar-refractivity contribution in [1.29, 1.82) is 5.26 Å². The molecule has 3 heterocycles. The van der Waals surface area contributed by atoms with Crippen LogP contribution in [-0.4, -0.2) is 15.9 Å². The largest absolute Gasteiger partial charge is 0.297 e. The minimum Gasteiger partial charge on any atom is -0.297 e. The highest BCUT2D eigenvalue weighted by atomic mass is 32.1. The maximum Gasteiger partial charge on any atom is 0.267 e. The van der Waals surface area contributed by atoms with Crippen molar-refractivity contribution in [2.24, 2.45) is 0 Å². The average Bonchev–Trinajstić information content (AvgIpc) is 3.52. The average molecular weight is 445 g/mol. The van der Waals surface area contributed by atoms with E-state index in [0.29, 0.717) is 15.6 Å². The molecule has 0 atom stereocenters. The van der Waals surface area contributed by atoms with Crippen LogP contribution in [0.3, 0.4) is 0 Å². The number of thiazole rings is 2. The van der Waals surface area contributed by atoms with Crippen molar-refractivity contribution in [3.8, 4) is 27.2 Å². The van der Waals surface area contributed by atoms with Gasteiger partial charge in [0.15, 0.2) is 5.13 Å². The molecule has 1 amide bonds. The summed E-state index contributed by atoms with van der Waals surface area (Å²) in [7, 11) is 0. The Morgan fingerprint density at radius 1 is 0.967 bits per heavy atom. The first kappa shape index (κ1) is 18.6. The first-order chi connectivity index (χ1) is 14.7. The van der Waals surface area contributed by atoms with Crippen molar-refractivity contribution in [3.05, 3.63) is 76.5 Å². The number of hydrogen-bond donors (Lipinski definition) is 1. The van der Waals surface area contributed by atoms with Crippen LogP contribution in [0.5, 0.6) is 0 Å². The molecule has 0 radical (unpaired) electrons. The molecule has 30 heavy (non-hydrogen) atoms. The lowest BCUT2D eigenvalue weighted by atomic mass is 10.1. The lowest BCUT2D eigenvalue weighted by Gasteiger charge is -1.99. The van der Waals surface area contributed by atoms with Crippen LogP contribution in [-0.2, 0) is 0 Å². The Bertz CT molecular complexity index is 1370. The fourth-order valence-corrected chi connectivity index (χ4v) is 5.53. The van der Waals surface area contributed by atoms with Gasteiger partial charge < -0.3 is 0 Å². The summed E-state index contributed by atoms with van der Waals surface area (Å²) in [6, 6.07) is 21.1. The van der Waals surface area contributed by atoms with Gasteiger partial charge in [-0.05, 0) is 36.4 Å². The Morgan fingerprint density at radius 3 is 2.60 bits per heavy atom. The molecule has 0 aliphatic rings. The van der Waals surface area contributed by atoms with Gasteiger partial charge in [-0.3, -0.25) is 10.1 Å². The van der Waals surface area contributed by atoms with E-state index in [1.54, 1.807) is 23.5 Å². The molecule has 0 spiro atoms. The normalized spacial score (nSPS) is 10.8. The number of carbonyl (C=O) groups is 1. The topological polar surface area (TPSA) is 78.7 Å². The van der Waals surface area contributed by atoms with Gasteiger partial charge in [0.2, 0.25) is 0 Å². The highest BCUT2D eigenvalue weighted by molar-refractivity contribution is 7.26. The second-order valence-electron chi connectivity index (χ2n) is 6.33. The second-order valence-corrected chi connectivity index (χ2v) is 9.30. The molecule has 5 aromatic rings. The number of thiophene rings is 1. The fraction of sp³-hybridized carbons (Fsp3) is 0. The van der Waals surface area contributed by atoms with Crippen molar-refractivity contribution in [3.63, 3.8) is 0 Å². The number of para-hydroxylation sites is 1. The predicted molar refractivity (Wildman–Crippen MR) is 123 cm³/mol. The SMILES string of the molecule is N#Cc1ccc(-c2csc(NC(=O)c3ccc(-c4nc5ccccc5s4)s3)n2)cc1. The lowest BCUT2D eigenvalue weighted by Crippen LogP contribution is -2.09. The lowest BCUT2D eigenvalue weighted by molar-refractivity contribution is 0.103. The van der Waals surface area contributed by atoms with Gasteiger partial charge in [0.05, 0.1) is 37.3 Å². The molecular formula is C22H12N4OS3. The molecule has 0 saturated heterocycles. The molecule has 8 heteroatoms. The van der Waals surface area contributed by atoms with E-state index in [4.69, 9.17) is 5.26 Å². The van der Waals surface area contributed by atoms with E-state index in [1.807, 2.05) is 53.9 Å². The number of nitrogens with zero attached hydrogens (tertiary/aromatic N) is 3. The van der Waals surface area contributed by atoms with Gasteiger partial charge in [-0.1, -0.05) is 24.3 Å². The number of nitriles is 1. The molecule has 0 bridgehead atoms. The minimum atomic E-state index is -0.187. The molecule has 5 rings (SSSR count). The van der Waals surface area contributed by atoms with Crippen molar-refractivity contribution in [2.75, 3.05) is 5.32 Å². The predicted octanol–water partition coefficient (Wildman–Crippen LogP) is 6.27. The monoisotopic (exact) mass is 444 g/mol. The summed E-state index contributed by atoms with van der Waals surface area (Å²) in [6.07, 6.45) is 0. The molecule has 5 nitrogen and oxygen atoms in total. The highest BCUT2D eigenvalue weighted by Gasteiger charge is 2.15. The smallest absolute Gasteiger partial charge is 0.267 e.